The molecule has 2 aromatic rings. The molecular formula is C27H35F6N3O. The maximum absolute atomic E-state index is 13.3. The lowest BCUT2D eigenvalue weighted by molar-refractivity contribution is -0.143. The highest BCUT2D eigenvalue weighted by molar-refractivity contribution is 5.74. The van der Waals surface area contributed by atoms with Gasteiger partial charge in [0.25, 0.3) is 0 Å². The van der Waals surface area contributed by atoms with Crippen molar-refractivity contribution in [1.82, 2.24) is 15.5 Å². The molecule has 0 saturated heterocycles. The van der Waals surface area contributed by atoms with E-state index in [1.54, 1.807) is 4.90 Å². The van der Waals surface area contributed by atoms with Crippen molar-refractivity contribution in [3.63, 3.8) is 0 Å². The number of hydrogen-bond acceptors (Lipinski definition) is 2. The van der Waals surface area contributed by atoms with E-state index < -0.39 is 23.5 Å². The normalized spacial score (nSPS) is 13.2. The van der Waals surface area contributed by atoms with Gasteiger partial charge < -0.3 is 10.6 Å². The Bertz CT molecular complexity index is 942. The molecule has 0 fully saturated rings. The highest BCUT2D eigenvalue weighted by Crippen LogP contribution is 2.36. The second-order valence-corrected chi connectivity index (χ2v) is 9.20. The summed E-state index contributed by atoms with van der Waals surface area (Å²) in [6.45, 7) is 6.67. The molecule has 0 aromatic heterocycles. The van der Waals surface area contributed by atoms with E-state index in [-0.39, 0.29) is 49.3 Å². The molecule has 0 bridgehead atoms. The van der Waals surface area contributed by atoms with Crippen molar-refractivity contribution in [2.45, 2.75) is 70.9 Å². The van der Waals surface area contributed by atoms with Crippen LogP contribution < -0.4 is 10.6 Å². The van der Waals surface area contributed by atoms with Crippen LogP contribution in [0.1, 0.15) is 68.2 Å². The van der Waals surface area contributed by atoms with Crippen LogP contribution in [0.25, 0.3) is 0 Å². The zero-order valence-corrected chi connectivity index (χ0v) is 21.3. The van der Waals surface area contributed by atoms with Gasteiger partial charge in [-0.15, -0.1) is 0 Å². The van der Waals surface area contributed by atoms with Gasteiger partial charge in [0.15, 0.2) is 0 Å². The van der Waals surface area contributed by atoms with Crippen LogP contribution in [0.4, 0.5) is 31.1 Å². The van der Waals surface area contributed by atoms with Crippen LogP contribution in [0, 0.1) is 0 Å². The zero-order valence-electron chi connectivity index (χ0n) is 21.3. The summed E-state index contributed by atoms with van der Waals surface area (Å²) < 4.78 is 80.0. The Labute approximate surface area is 214 Å². The average Bonchev–Trinajstić information content (AvgIpc) is 2.84. The van der Waals surface area contributed by atoms with Crippen LogP contribution in [-0.2, 0) is 18.9 Å². The number of carbonyl (C=O) groups excluding carboxylic acids is 1. The second-order valence-electron chi connectivity index (χ2n) is 9.20. The minimum atomic E-state index is -4.91. The number of amides is 2. The summed E-state index contributed by atoms with van der Waals surface area (Å²) in [5, 5.41) is 5.58. The number of carbonyl (C=O) groups is 1. The molecule has 0 aliphatic rings. The first-order chi connectivity index (χ1) is 17.3. The monoisotopic (exact) mass is 531 g/mol. The summed E-state index contributed by atoms with van der Waals surface area (Å²) in [6.07, 6.45) is -7.64. The topological polar surface area (TPSA) is 44.4 Å². The zero-order chi connectivity index (χ0) is 27.6. The number of nitrogens with zero attached hydrogens (tertiary/aromatic N) is 1. The van der Waals surface area contributed by atoms with Crippen LogP contribution in [0.15, 0.2) is 48.5 Å². The predicted octanol–water partition coefficient (Wildman–Crippen LogP) is 7.21. The van der Waals surface area contributed by atoms with E-state index >= 15 is 0 Å². The van der Waals surface area contributed by atoms with Crippen LogP contribution in [0.5, 0.6) is 0 Å². The van der Waals surface area contributed by atoms with Crippen molar-refractivity contribution in [2.24, 2.45) is 0 Å². The first kappa shape index (κ1) is 30.5. The molecule has 1 unspecified atom stereocenters. The molecule has 0 radical (unpaired) electrons. The van der Waals surface area contributed by atoms with Crippen molar-refractivity contribution in [1.29, 1.82) is 0 Å². The Morgan fingerprint density at radius 1 is 0.892 bits per heavy atom. The Morgan fingerprint density at radius 2 is 1.46 bits per heavy atom. The molecule has 1 atom stereocenters. The molecule has 0 aliphatic heterocycles. The molecule has 2 aromatic carbocycles. The standard InChI is InChI=1S/C27H35F6N3O/c1-4-24(5-2)35-25(37)34-12-14-36(13-11-19(3)21-9-7-6-8-10-21)18-20-15-22(26(28,29)30)17-23(16-20)27(31,32)33/h6-10,15-17,19,24H,4-5,11-14,18H2,1-3H3,(H2,34,35,37). The number of benzene rings is 2. The fourth-order valence-corrected chi connectivity index (χ4v) is 4.02. The van der Waals surface area contributed by atoms with Crippen molar-refractivity contribution in [3.8, 4) is 0 Å². The first-order valence-electron chi connectivity index (χ1n) is 12.4. The third-order valence-electron chi connectivity index (χ3n) is 6.33. The van der Waals surface area contributed by atoms with Gasteiger partial charge in [0.1, 0.15) is 0 Å². The quantitative estimate of drug-likeness (QED) is 0.284. The predicted molar refractivity (Wildman–Crippen MR) is 132 cm³/mol. The summed E-state index contributed by atoms with van der Waals surface area (Å²) in [4.78, 5) is 14.0. The van der Waals surface area contributed by atoms with Crippen LogP contribution in [0.3, 0.4) is 0 Å². The number of rotatable bonds is 12. The van der Waals surface area contributed by atoms with E-state index in [2.05, 4.69) is 10.6 Å². The van der Waals surface area contributed by atoms with E-state index in [0.717, 1.165) is 30.5 Å². The van der Waals surface area contributed by atoms with E-state index in [1.807, 2.05) is 51.1 Å². The van der Waals surface area contributed by atoms with Gasteiger partial charge in [0, 0.05) is 25.7 Å². The second kappa shape index (κ2) is 13.7. The van der Waals surface area contributed by atoms with Crippen LogP contribution >= 0.6 is 0 Å². The van der Waals surface area contributed by atoms with Gasteiger partial charge in [-0.05, 0) is 61.1 Å². The molecule has 0 heterocycles. The van der Waals surface area contributed by atoms with Gasteiger partial charge in [0.05, 0.1) is 11.1 Å². The highest BCUT2D eigenvalue weighted by atomic mass is 19.4. The lowest BCUT2D eigenvalue weighted by atomic mass is 9.97. The number of hydrogen-bond donors (Lipinski definition) is 2. The van der Waals surface area contributed by atoms with E-state index in [0.29, 0.717) is 13.0 Å². The first-order valence-corrected chi connectivity index (χ1v) is 12.4. The third kappa shape index (κ3) is 10.3. The molecule has 2 rings (SSSR count). The minimum Gasteiger partial charge on any atom is -0.337 e. The number of nitrogens with one attached hydrogen (secondary N) is 2. The molecular weight excluding hydrogens is 496 g/mol. The van der Waals surface area contributed by atoms with Gasteiger partial charge in [-0.25, -0.2) is 4.79 Å². The lowest BCUT2D eigenvalue weighted by Gasteiger charge is -2.26. The fourth-order valence-electron chi connectivity index (χ4n) is 4.02. The lowest BCUT2D eigenvalue weighted by Crippen LogP contribution is -2.44. The number of alkyl halides is 6. The molecule has 4 nitrogen and oxygen atoms in total. The van der Waals surface area contributed by atoms with Crippen LogP contribution in [-0.4, -0.2) is 36.6 Å². The smallest absolute Gasteiger partial charge is 0.337 e. The molecule has 37 heavy (non-hydrogen) atoms. The largest absolute Gasteiger partial charge is 0.416 e. The Morgan fingerprint density at radius 3 is 1.97 bits per heavy atom. The summed E-state index contributed by atoms with van der Waals surface area (Å²) >= 11 is 0. The van der Waals surface area contributed by atoms with E-state index in [1.165, 1.54) is 0 Å². The molecule has 2 amide bonds. The Kier molecular flexibility index (Phi) is 11.3. The third-order valence-corrected chi connectivity index (χ3v) is 6.33. The Balaban J connectivity index is 2.18. The minimum absolute atomic E-state index is 0.0220. The van der Waals surface area contributed by atoms with Gasteiger partial charge in [-0.3, -0.25) is 4.90 Å². The molecule has 0 spiro atoms. The molecule has 206 valence electrons. The van der Waals surface area contributed by atoms with Gasteiger partial charge in [-0.2, -0.15) is 26.3 Å². The van der Waals surface area contributed by atoms with E-state index in [4.69, 9.17) is 0 Å². The van der Waals surface area contributed by atoms with Gasteiger partial charge >= 0.3 is 18.4 Å². The summed E-state index contributed by atoms with van der Waals surface area (Å²) in [6, 6.07) is 11.0. The fraction of sp³-hybridized carbons (Fsp3) is 0.519. The maximum Gasteiger partial charge on any atom is 0.416 e. The van der Waals surface area contributed by atoms with Crippen molar-refractivity contribution in [3.05, 3.63) is 70.8 Å². The van der Waals surface area contributed by atoms with Crippen LogP contribution in [0.2, 0.25) is 0 Å². The summed E-state index contributed by atoms with van der Waals surface area (Å²) in [7, 11) is 0. The van der Waals surface area contributed by atoms with E-state index in [9.17, 15) is 31.1 Å². The molecule has 10 heteroatoms. The summed E-state index contributed by atoms with van der Waals surface area (Å²) in [5.74, 6) is 0.127. The van der Waals surface area contributed by atoms with Crippen molar-refractivity contribution >= 4 is 6.03 Å². The summed E-state index contributed by atoms with van der Waals surface area (Å²) in [5.41, 5.74) is -1.67. The van der Waals surface area contributed by atoms with Crippen molar-refractivity contribution in [2.75, 3.05) is 19.6 Å². The van der Waals surface area contributed by atoms with Gasteiger partial charge in [-0.1, -0.05) is 51.1 Å². The molecule has 0 aliphatic carbocycles. The molecule has 2 N–H and O–H groups in total. The van der Waals surface area contributed by atoms with Gasteiger partial charge in [0.2, 0.25) is 0 Å². The highest BCUT2D eigenvalue weighted by Gasteiger charge is 2.37. The number of urea groups is 1. The number of halogens is 6. The Hall–Kier alpha value is -2.75. The maximum atomic E-state index is 13.3. The molecule has 0 saturated carbocycles. The SMILES string of the molecule is CCC(CC)NC(=O)NCCN(CCC(C)c1ccccc1)Cc1cc(C(F)(F)F)cc(C(F)(F)F)c1. The average molecular weight is 532 g/mol. The van der Waals surface area contributed by atoms with Crippen molar-refractivity contribution < 1.29 is 31.1 Å².